The lowest BCUT2D eigenvalue weighted by atomic mass is 9.74. The van der Waals surface area contributed by atoms with Crippen molar-refractivity contribution in [1.82, 2.24) is 25.5 Å². The van der Waals surface area contributed by atoms with Crippen LogP contribution in [0.3, 0.4) is 0 Å². The highest BCUT2D eigenvalue weighted by molar-refractivity contribution is 5.92. The summed E-state index contributed by atoms with van der Waals surface area (Å²) in [7, 11) is 0. The fraction of sp³-hybridized carbons (Fsp3) is 0.619. The van der Waals surface area contributed by atoms with Gasteiger partial charge in [0.2, 0.25) is 0 Å². The molecule has 0 saturated heterocycles. The first kappa shape index (κ1) is 19.5. The highest BCUT2D eigenvalue weighted by Gasteiger charge is 2.35. The summed E-state index contributed by atoms with van der Waals surface area (Å²) in [6.07, 6.45) is 3.64. The number of carbonyl (C=O) groups excluding carboxylic acids is 1. The fourth-order valence-electron chi connectivity index (χ4n) is 3.52. The van der Waals surface area contributed by atoms with Gasteiger partial charge in [0.05, 0.1) is 6.04 Å². The first-order valence-corrected chi connectivity index (χ1v) is 9.69. The fourth-order valence-corrected chi connectivity index (χ4v) is 3.52. The van der Waals surface area contributed by atoms with E-state index in [-0.39, 0.29) is 22.8 Å². The van der Waals surface area contributed by atoms with E-state index in [1.165, 1.54) is 0 Å². The molecule has 146 valence electrons. The van der Waals surface area contributed by atoms with Crippen LogP contribution in [0.1, 0.15) is 100 Å². The molecule has 2 N–H and O–H groups in total. The van der Waals surface area contributed by atoms with E-state index in [1.54, 1.807) is 0 Å². The molecular weight excluding hydrogens is 338 g/mol. The third-order valence-electron chi connectivity index (χ3n) is 5.11. The van der Waals surface area contributed by atoms with Crippen molar-refractivity contribution in [3.8, 4) is 0 Å². The Kier molecular flexibility index (Phi) is 4.87. The molecule has 2 aromatic rings. The minimum atomic E-state index is -0.160. The zero-order valence-corrected chi connectivity index (χ0v) is 17.5. The lowest BCUT2D eigenvalue weighted by Crippen LogP contribution is -2.37. The molecular formula is C21H31N5O. The largest absolute Gasteiger partial charge is 0.344 e. The number of carbonyl (C=O) groups is 1. The smallest absolute Gasteiger partial charge is 0.272 e. The molecule has 27 heavy (non-hydrogen) atoms. The molecule has 6 heteroatoms. The second-order valence-corrected chi connectivity index (χ2v) is 9.78. The molecule has 2 aromatic heterocycles. The molecule has 1 atom stereocenters. The predicted molar refractivity (Wildman–Crippen MR) is 106 cm³/mol. The van der Waals surface area contributed by atoms with E-state index in [1.807, 2.05) is 12.3 Å². The topological polar surface area (TPSA) is 83.6 Å². The molecule has 3 rings (SSSR count). The average Bonchev–Trinajstić information content (AvgIpc) is 3.02. The van der Waals surface area contributed by atoms with Crippen LogP contribution in [0.4, 0.5) is 0 Å². The zero-order chi connectivity index (χ0) is 20.0. The predicted octanol–water partition coefficient (Wildman–Crippen LogP) is 4.06. The lowest BCUT2D eigenvalue weighted by Gasteiger charge is -2.37. The van der Waals surface area contributed by atoms with Crippen molar-refractivity contribution < 1.29 is 4.79 Å². The normalized spacial score (nSPS) is 19.0. The summed E-state index contributed by atoms with van der Waals surface area (Å²) in [5.41, 5.74) is 3.41. The van der Waals surface area contributed by atoms with Crippen LogP contribution in [0.15, 0.2) is 12.3 Å². The van der Waals surface area contributed by atoms with Crippen LogP contribution in [0, 0.1) is 5.41 Å². The molecule has 0 bridgehead atoms. The van der Waals surface area contributed by atoms with E-state index < -0.39 is 0 Å². The molecule has 1 aliphatic carbocycles. The first-order chi connectivity index (χ1) is 12.5. The van der Waals surface area contributed by atoms with Gasteiger partial charge in [-0.1, -0.05) is 48.5 Å². The maximum Gasteiger partial charge on any atom is 0.272 e. The number of H-pyrrole nitrogens is 1. The van der Waals surface area contributed by atoms with Crippen LogP contribution in [0.25, 0.3) is 0 Å². The molecule has 0 fully saturated rings. The summed E-state index contributed by atoms with van der Waals surface area (Å²) in [6.45, 7) is 14.9. The van der Waals surface area contributed by atoms with Gasteiger partial charge in [0.1, 0.15) is 11.5 Å². The van der Waals surface area contributed by atoms with Crippen LogP contribution in [0.2, 0.25) is 0 Å². The zero-order valence-electron chi connectivity index (χ0n) is 17.5. The molecule has 1 amide bonds. The summed E-state index contributed by atoms with van der Waals surface area (Å²) < 4.78 is 0. The Morgan fingerprint density at radius 2 is 2.04 bits per heavy atom. The van der Waals surface area contributed by atoms with Crippen LogP contribution in [0.5, 0.6) is 0 Å². The number of hydrogen-bond donors (Lipinski definition) is 2. The molecule has 0 unspecified atom stereocenters. The monoisotopic (exact) mass is 369 g/mol. The van der Waals surface area contributed by atoms with E-state index in [4.69, 9.17) is 4.98 Å². The Morgan fingerprint density at radius 3 is 2.63 bits per heavy atom. The Bertz CT molecular complexity index is 844. The molecule has 2 heterocycles. The third kappa shape index (κ3) is 4.20. The number of rotatable bonds is 3. The summed E-state index contributed by atoms with van der Waals surface area (Å²) in [5, 5.41) is 10.3. The van der Waals surface area contributed by atoms with Crippen molar-refractivity contribution in [3.63, 3.8) is 0 Å². The first-order valence-electron chi connectivity index (χ1n) is 9.69. The van der Waals surface area contributed by atoms with E-state index in [2.05, 4.69) is 69.0 Å². The van der Waals surface area contributed by atoms with Crippen LogP contribution < -0.4 is 5.32 Å². The number of aromatic amines is 1. The molecule has 0 aliphatic heterocycles. The van der Waals surface area contributed by atoms with Gasteiger partial charge in [0.25, 0.3) is 5.91 Å². The number of nitrogens with one attached hydrogen (secondary N) is 2. The lowest BCUT2D eigenvalue weighted by molar-refractivity contribution is 0.0913. The summed E-state index contributed by atoms with van der Waals surface area (Å²) in [6, 6.07) is 1.72. The Morgan fingerprint density at radius 1 is 1.33 bits per heavy atom. The van der Waals surface area contributed by atoms with Gasteiger partial charge < -0.3 is 5.32 Å². The minimum absolute atomic E-state index is 0.0587. The van der Waals surface area contributed by atoms with Gasteiger partial charge in [0.15, 0.2) is 0 Å². The number of amides is 1. The average molecular weight is 370 g/mol. The van der Waals surface area contributed by atoms with Gasteiger partial charge in [-0.05, 0) is 30.2 Å². The number of fused-ring (bicyclic) bond motifs is 1. The Hall–Kier alpha value is -2.24. The maximum absolute atomic E-state index is 12.8. The van der Waals surface area contributed by atoms with Gasteiger partial charge in [0, 0.05) is 28.6 Å². The minimum Gasteiger partial charge on any atom is -0.344 e. The van der Waals surface area contributed by atoms with E-state index in [0.29, 0.717) is 11.6 Å². The number of nitrogens with zero attached hydrogens (tertiary/aromatic N) is 3. The second kappa shape index (κ2) is 6.73. The van der Waals surface area contributed by atoms with Crippen molar-refractivity contribution in [2.45, 2.75) is 78.7 Å². The highest BCUT2D eigenvalue weighted by atomic mass is 16.2. The maximum atomic E-state index is 12.8. The van der Waals surface area contributed by atoms with Gasteiger partial charge in [-0.15, -0.1) is 0 Å². The standard InChI is InChI=1S/C21H31N5O/c1-12(2)14-8-15(26-25-14)18(27)23-16-9-21(6,7)10-17-13(16)11-22-19(24-17)20(3,4)5/h8,11-12,16H,9-10H2,1-7H3,(H,23,27)(H,25,26)/t16-/m0/s1. The molecule has 6 nitrogen and oxygen atoms in total. The van der Waals surface area contributed by atoms with Crippen molar-refractivity contribution in [3.05, 3.63) is 40.7 Å². The molecule has 0 aromatic carbocycles. The van der Waals surface area contributed by atoms with E-state index in [9.17, 15) is 4.79 Å². The van der Waals surface area contributed by atoms with E-state index >= 15 is 0 Å². The Balaban J connectivity index is 1.88. The highest BCUT2D eigenvalue weighted by Crippen LogP contribution is 2.40. The molecule has 1 aliphatic rings. The number of hydrogen-bond acceptors (Lipinski definition) is 4. The summed E-state index contributed by atoms with van der Waals surface area (Å²) >= 11 is 0. The van der Waals surface area contributed by atoms with Gasteiger partial charge in [-0.2, -0.15) is 5.10 Å². The Labute approximate surface area is 161 Å². The van der Waals surface area contributed by atoms with Crippen LogP contribution in [-0.4, -0.2) is 26.1 Å². The van der Waals surface area contributed by atoms with Crippen molar-refractivity contribution >= 4 is 5.91 Å². The summed E-state index contributed by atoms with van der Waals surface area (Å²) in [5.74, 6) is 0.988. The van der Waals surface area contributed by atoms with Gasteiger partial charge >= 0.3 is 0 Å². The SMILES string of the molecule is CC(C)c1cc(C(=O)N[C@H]2CC(C)(C)Cc3nc(C(C)(C)C)ncc32)n[nH]1. The second-order valence-electron chi connectivity index (χ2n) is 9.78. The molecule has 0 saturated carbocycles. The molecule has 0 spiro atoms. The van der Waals surface area contributed by atoms with Crippen molar-refractivity contribution in [2.75, 3.05) is 0 Å². The number of aromatic nitrogens is 4. The van der Waals surface area contributed by atoms with E-state index in [0.717, 1.165) is 35.6 Å². The van der Waals surface area contributed by atoms with Crippen molar-refractivity contribution in [1.29, 1.82) is 0 Å². The van der Waals surface area contributed by atoms with Gasteiger partial charge in [-0.3, -0.25) is 9.89 Å². The van der Waals surface area contributed by atoms with Gasteiger partial charge in [-0.25, -0.2) is 9.97 Å². The van der Waals surface area contributed by atoms with Crippen molar-refractivity contribution in [2.24, 2.45) is 5.41 Å². The summed E-state index contributed by atoms with van der Waals surface area (Å²) in [4.78, 5) is 22.2. The van der Waals surface area contributed by atoms with Crippen LogP contribution >= 0.6 is 0 Å². The molecule has 0 radical (unpaired) electrons. The quantitative estimate of drug-likeness (QED) is 0.854. The third-order valence-corrected chi connectivity index (χ3v) is 5.11. The van der Waals surface area contributed by atoms with Crippen LogP contribution in [-0.2, 0) is 11.8 Å².